The second-order valence-corrected chi connectivity index (χ2v) is 4.38. The molecule has 1 unspecified atom stereocenters. The summed E-state index contributed by atoms with van der Waals surface area (Å²) < 4.78 is 43.1. The minimum absolute atomic E-state index is 0.474. The van der Waals surface area contributed by atoms with Crippen molar-refractivity contribution in [3.05, 3.63) is 59.0 Å². The molecule has 0 saturated carbocycles. The lowest BCUT2D eigenvalue weighted by atomic mass is 10.0. The van der Waals surface area contributed by atoms with Crippen molar-refractivity contribution in [3.8, 4) is 0 Å². The smallest absolute Gasteiger partial charge is 0.416 e. The lowest BCUT2D eigenvalue weighted by Crippen LogP contribution is -2.28. The first kappa shape index (κ1) is 14.6. The molecule has 1 aromatic heterocycles. The molecule has 20 heavy (non-hydrogen) atoms. The molecule has 108 valence electrons. The normalized spacial score (nSPS) is 13.4. The van der Waals surface area contributed by atoms with E-state index in [1.165, 1.54) is 12.1 Å². The van der Waals surface area contributed by atoms with Gasteiger partial charge in [0, 0.05) is 6.42 Å². The summed E-state index contributed by atoms with van der Waals surface area (Å²) in [5.41, 5.74) is 2.47. The first-order valence-electron chi connectivity index (χ1n) is 6.17. The zero-order valence-electron chi connectivity index (χ0n) is 10.9. The Hall–Kier alpha value is -1.79. The highest BCUT2D eigenvalue weighted by Crippen LogP contribution is 2.31. The maximum absolute atomic E-state index is 12.5. The third kappa shape index (κ3) is 3.02. The summed E-state index contributed by atoms with van der Waals surface area (Å²) in [6.07, 6.45) is -3.60. The topological polar surface area (TPSA) is 51.2 Å². The quantitative estimate of drug-likeness (QED) is 0.668. The largest absolute Gasteiger partial charge is 0.464 e. The van der Waals surface area contributed by atoms with Gasteiger partial charge in [-0.05, 0) is 29.8 Å². The number of hydrogen-bond donors (Lipinski definition) is 2. The molecule has 1 heterocycles. The number of benzene rings is 1. The van der Waals surface area contributed by atoms with Gasteiger partial charge in [-0.2, -0.15) is 13.2 Å². The van der Waals surface area contributed by atoms with Gasteiger partial charge in [-0.25, -0.2) is 5.43 Å². The molecule has 0 amide bonds. The second-order valence-electron chi connectivity index (χ2n) is 4.38. The van der Waals surface area contributed by atoms with Crippen molar-refractivity contribution in [1.29, 1.82) is 0 Å². The number of aryl methyl sites for hydroxylation is 1. The van der Waals surface area contributed by atoms with Gasteiger partial charge in [-0.3, -0.25) is 5.84 Å². The highest BCUT2D eigenvalue weighted by molar-refractivity contribution is 5.31. The maximum Gasteiger partial charge on any atom is 0.416 e. The first-order valence-corrected chi connectivity index (χ1v) is 6.17. The SMILES string of the molecule is CCc1ccc(C(NN)c2ccc(C(F)(F)F)cc2)o1. The van der Waals surface area contributed by atoms with Gasteiger partial charge < -0.3 is 4.42 Å². The maximum atomic E-state index is 12.5. The van der Waals surface area contributed by atoms with Crippen molar-refractivity contribution in [1.82, 2.24) is 5.43 Å². The molecule has 3 nitrogen and oxygen atoms in total. The fourth-order valence-corrected chi connectivity index (χ4v) is 1.95. The van der Waals surface area contributed by atoms with Crippen LogP contribution in [0.1, 0.15) is 35.6 Å². The van der Waals surface area contributed by atoms with Crippen molar-refractivity contribution in [2.24, 2.45) is 5.84 Å². The van der Waals surface area contributed by atoms with Crippen molar-refractivity contribution in [2.75, 3.05) is 0 Å². The number of hydrazine groups is 1. The van der Waals surface area contributed by atoms with Gasteiger partial charge in [-0.15, -0.1) is 0 Å². The molecular formula is C14H15F3N2O. The van der Waals surface area contributed by atoms with Crippen molar-refractivity contribution >= 4 is 0 Å². The number of rotatable bonds is 4. The Bertz CT molecular complexity index is 561. The predicted octanol–water partition coefficient (Wildman–Crippen LogP) is 3.41. The molecule has 0 bridgehead atoms. The van der Waals surface area contributed by atoms with Gasteiger partial charge in [0.15, 0.2) is 0 Å². The van der Waals surface area contributed by atoms with E-state index in [2.05, 4.69) is 5.43 Å². The van der Waals surface area contributed by atoms with E-state index in [1.54, 1.807) is 6.07 Å². The van der Waals surface area contributed by atoms with Crippen LogP contribution in [0, 0.1) is 0 Å². The molecular weight excluding hydrogens is 269 g/mol. The van der Waals surface area contributed by atoms with E-state index >= 15 is 0 Å². The minimum Gasteiger partial charge on any atom is -0.464 e. The number of furan rings is 1. The molecule has 0 aliphatic rings. The Labute approximate surface area is 114 Å². The zero-order chi connectivity index (χ0) is 14.8. The monoisotopic (exact) mass is 284 g/mol. The van der Waals surface area contributed by atoms with Crippen LogP contribution in [0.2, 0.25) is 0 Å². The highest BCUT2D eigenvalue weighted by atomic mass is 19.4. The van der Waals surface area contributed by atoms with E-state index in [0.717, 1.165) is 24.3 Å². The molecule has 0 saturated heterocycles. The summed E-state index contributed by atoms with van der Waals surface area (Å²) >= 11 is 0. The van der Waals surface area contributed by atoms with Crippen LogP contribution in [-0.4, -0.2) is 0 Å². The van der Waals surface area contributed by atoms with E-state index in [1.807, 2.05) is 13.0 Å². The Balaban J connectivity index is 2.28. The van der Waals surface area contributed by atoms with Gasteiger partial charge >= 0.3 is 6.18 Å². The number of nitrogens with two attached hydrogens (primary N) is 1. The molecule has 0 radical (unpaired) electrons. The minimum atomic E-state index is -4.34. The number of halogens is 3. The molecule has 2 aromatic rings. The van der Waals surface area contributed by atoms with Crippen LogP contribution >= 0.6 is 0 Å². The van der Waals surface area contributed by atoms with Gasteiger partial charge in [0.1, 0.15) is 17.6 Å². The average Bonchev–Trinajstić information content (AvgIpc) is 2.88. The van der Waals surface area contributed by atoms with Crippen LogP contribution in [0.4, 0.5) is 13.2 Å². The Kier molecular flexibility index (Phi) is 4.15. The molecule has 1 atom stereocenters. The molecule has 0 spiro atoms. The lowest BCUT2D eigenvalue weighted by molar-refractivity contribution is -0.137. The van der Waals surface area contributed by atoms with Crippen LogP contribution in [0.25, 0.3) is 0 Å². The number of nitrogens with one attached hydrogen (secondary N) is 1. The van der Waals surface area contributed by atoms with Crippen molar-refractivity contribution in [2.45, 2.75) is 25.6 Å². The third-order valence-corrected chi connectivity index (χ3v) is 3.05. The summed E-state index contributed by atoms with van der Waals surface area (Å²) in [7, 11) is 0. The Morgan fingerprint density at radius 3 is 2.25 bits per heavy atom. The highest BCUT2D eigenvalue weighted by Gasteiger charge is 2.30. The summed E-state index contributed by atoms with van der Waals surface area (Å²) in [6.45, 7) is 1.95. The molecule has 1 aromatic carbocycles. The second kappa shape index (κ2) is 5.68. The number of alkyl halides is 3. The molecule has 3 N–H and O–H groups in total. The van der Waals surface area contributed by atoms with E-state index in [-0.39, 0.29) is 0 Å². The fourth-order valence-electron chi connectivity index (χ4n) is 1.95. The van der Waals surface area contributed by atoms with Crippen molar-refractivity contribution in [3.63, 3.8) is 0 Å². The molecule has 2 rings (SSSR count). The summed E-state index contributed by atoms with van der Waals surface area (Å²) in [6, 6.07) is 7.96. The molecule has 0 aliphatic heterocycles. The molecule has 0 aliphatic carbocycles. The van der Waals surface area contributed by atoms with Gasteiger partial charge in [0.05, 0.1) is 5.56 Å². The van der Waals surface area contributed by atoms with Crippen molar-refractivity contribution < 1.29 is 17.6 Å². The zero-order valence-corrected chi connectivity index (χ0v) is 10.9. The van der Waals surface area contributed by atoms with E-state index in [4.69, 9.17) is 10.3 Å². The standard InChI is InChI=1S/C14H15F3N2O/c1-2-11-7-8-12(20-11)13(19-18)9-3-5-10(6-4-9)14(15,16)17/h3-8,13,19H,2,18H2,1H3. The number of hydrogen-bond acceptors (Lipinski definition) is 3. The van der Waals surface area contributed by atoms with E-state index in [0.29, 0.717) is 11.3 Å². The third-order valence-electron chi connectivity index (χ3n) is 3.05. The van der Waals surface area contributed by atoms with Crippen LogP contribution in [-0.2, 0) is 12.6 Å². The Morgan fingerprint density at radius 2 is 1.80 bits per heavy atom. The van der Waals surface area contributed by atoms with Gasteiger partial charge in [0.25, 0.3) is 0 Å². The van der Waals surface area contributed by atoms with Crippen LogP contribution in [0.5, 0.6) is 0 Å². The summed E-state index contributed by atoms with van der Waals surface area (Å²) in [5.74, 6) is 6.85. The molecule has 0 fully saturated rings. The lowest BCUT2D eigenvalue weighted by Gasteiger charge is -2.15. The summed E-state index contributed by atoms with van der Waals surface area (Å²) in [4.78, 5) is 0. The predicted molar refractivity (Wildman–Crippen MR) is 68.7 cm³/mol. The summed E-state index contributed by atoms with van der Waals surface area (Å²) in [5, 5.41) is 0. The van der Waals surface area contributed by atoms with E-state index in [9.17, 15) is 13.2 Å². The fraction of sp³-hybridized carbons (Fsp3) is 0.286. The van der Waals surface area contributed by atoms with Crippen LogP contribution < -0.4 is 11.3 Å². The van der Waals surface area contributed by atoms with Gasteiger partial charge in [0.2, 0.25) is 0 Å². The molecule has 6 heteroatoms. The first-order chi connectivity index (χ1) is 9.45. The van der Waals surface area contributed by atoms with Crippen LogP contribution in [0.3, 0.4) is 0 Å². The van der Waals surface area contributed by atoms with E-state index < -0.39 is 17.8 Å². The average molecular weight is 284 g/mol. The van der Waals surface area contributed by atoms with Crippen LogP contribution in [0.15, 0.2) is 40.8 Å². The Morgan fingerprint density at radius 1 is 1.15 bits per heavy atom. The van der Waals surface area contributed by atoms with Gasteiger partial charge in [-0.1, -0.05) is 19.1 Å².